The first-order chi connectivity index (χ1) is 17.6. The molecule has 0 unspecified atom stereocenters. The number of nitrogens with one attached hydrogen (secondary N) is 1. The maximum atomic E-state index is 13.9. The molecule has 0 fully saturated rings. The van der Waals surface area contributed by atoms with Crippen molar-refractivity contribution < 1.29 is 9.18 Å². The van der Waals surface area contributed by atoms with Crippen molar-refractivity contribution in [1.29, 1.82) is 0 Å². The van der Waals surface area contributed by atoms with Crippen molar-refractivity contribution >= 4 is 6.41 Å². The van der Waals surface area contributed by atoms with Crippen LogP contribution in [0, 0.1) is 5.82 Å². The maximum Gasteiger partial charge on any atom is 0.204 e. The second-order valence-corrected chi connectivity index (χ2v) is 8.56. The van der Waals surface area contributed by atoms with Crippen molar-refractivity contribution in [2.75, 3.05) is 13.1 Å². The lowest BCUT2D eigenvalue weighted by molar-refractivity contribution is -0.106. The summed E-state index contributed by atoms with van der Waals surface area (Å²) < 4.78 is 13.9. The Balaban J connectivity index is 0.00000115. The molecule has 0 spiro atoms. The number of hydrogen-bond donors (Lipinski definition) is 2. The van der Waals surface area contributed by atoms with E-state index in [0.717, 1.165) is 25.2 Å². The predicted molar refractivity (Wildman–Crippen MR) is 143 cm³/mol. The van der Waals surface area contributed by atoms with Gasteiger partial charge in [0.25, 0.3) is 0 Å². The summed E-state index contributed by atoms with van der Waals surface area (Å²) in [4.78, 5) is 15.7. The molecule has 0 aliphatic heterocycles. The number of nitrogens with zero attached hydrogens (tertiary/aromatic N) is 3. The highest BCUT2D eigenvalue weighted by molar-refractivity contribution is 5.68. The second kappa shape index (κ2) is 13.9. The van der Waals surface area contributed by atoms with Gasteiger partial charge in [-0.05, 0) is 60.3 Å². The van der Waals surface area contributed by atoms with Crippen LogP contribution in [0.5, 0.6) is 0 Å². The highest BCUT2D eigenvalue weighted by Crippen LogP contribution is 2.25. The van der Waals surface area contributed by atoms with Crippen LogP contribution < -0.4 is 5.73 Å². The molecule has 4 aromatic rings. The monoisotopic (exact) mass is 487 g/mol. The number of carbonyl (C=O) groups is 1. The maximum absolute atomic E-state index is 13.9. The third kappa shape index (κ3) is 7.58. The average molecular weight is 488 g/mol. The molecule has 6 nitrogen and oxygen atoms in total. The molecule has 36 heavy (non-hydrogen) atoms. The summed E-state index contributed by atoms with van der Waals surface area (Å²) in [5.74, 6) is 1.04. The van der Waals surface area contributed by atoms with Crippen molar-refractivity contribution in [2.45, 2.75) is 39.7 Å². The molecule has 188 valence electrons. The fourth-order valence-corrected chi connectivity index (χ4v) is 4.15. The van der Waals surface area contributed by atoms with Crippen LogP contribution in [0.1, 0.15) is 43.6 Å². The highest BCUT2D eigenvalue weighted by Gasteiger charge is 2.10. The van der Waals surface area contributed by atoms with Gasteiger partial charge in [0, 0.05) is 18.5 Å². The number of hydrogen-bond acceptors (Lipinski definition) is 4. The van der Waals surface area contributed by atoms with Gasteiger partial charge in [0.2, 0.25) is 6.41 Å². The standard InChI is InChI=1S/C28H31FN4.CH3NO/c1-3-16-33(17-4-2)20-21-8-7-10-24(18-21)22-12-14-23(15-13-22)28-30-27(31-32-28)19-25-9-5-6-11-26(25)29;2-1-3/h5-15,18H,3-4,16-17,19-20H2,1-2H3,(H,30,31,32);1H,(H2,2,3). The van der Waals surface area contributed by atoms with Crippen molar-refractivity contribution in [3.05, 3.63) is 95.6 Å². The minimum Gasteiger partial charge on any atom is -0.372 e. The molecule has 1 heterocycles. The lowest BCUT2D eigenvalue weighted by Gasteiger charge is -2.21. The molecule has 0 saturated heterocycles. The van der Waals surface area contributed by atoms with Gasteiger partial charge in [-0.3, -0.25) is 14.8 Å². The van der Waals surface area contributed by atoms with Gasteiger partial charge in [-0.1, -0.05) is 74.5 Å². The van der Waals surface area contributed by atoms with Gasteiger partial charge in [-0.25, -0.2) is 9.37 Å². The molecule has 0 saturated carbocycles. The lowest BCUT2D eigenvalue weighted by atomic mass is 10.0. The first kappa shape index (κ1) is 26.8. The second-order valence-electron chi connectivity index (χ2n) is 8.56. The van der Waals surface area contributed by atoms with E-state index in [1.54, 1.807) is 12.1 Å². The first-order valence-corrected chi connectivity index (χ1v) is 12.3. The van der Waals surface area contributed by atoms with Crippen LogP contribution in [-0.2, 0) is 17.8 Å². The number of rotatable bonds is 10. The Morgan fingerprint density at radius 2 is 1.58 bits per heavy atom. The lowest BCUT2D eigenvalue weighted by Crippen LogP contribution is -2.24. The van der Waals surface area contributed by atoms with E-state index in [-0.39, 0.29) is 12.2 Å². The van der Waals surface area contributed by atoms with Crippen LogP contribution in [0.15, 0.2) is 72.8 Å². The molecule has 3 N–H and O–H groups in total. The molecule has 0 aliphatic rings. The van der Waals surface area contributed by atoms with Crippen LogP contribution in [0.2, 0.25) is 0 Å². The van der Waals surface area contributed by atoms with Gasteiger partial charge in [0.05, 0.1) is 0 Å². The van der Waals surface area contributed by atoms with E-state index in [4.69, 9.17) is 4.79 Å². The number of amides is 1. The van der Waals surface area contributed by atoms with Crippen LogP contribution in [0.3, 0.4) is 0 Å². The number of nitrogens with two attached hydrogens (primary N) is 1. The van der Waals surface area contributed by atoms with Crippen LogP contribution >= 0.6 is 0 Å². The number of benzene rings is 3. The van der Waals surface area contributed by atoms with Crippen molar-refractivity contribution in [3.8, 4) is 22.5 Å². The van der Waals surface area contributed by atoms with Gasteiger partial charge in [-0.15, -0.1) is 0 Å². The molecular weight excluding hydrogens is 453 g/mol. The van der Waals surface area contributed by atoms with Crippen molar-refractivity contribution in [2.24, 2.45) is 5.73 Å². The van der Waals surface area contributed by atoms with E-state index >= 15 is 0 Å². The Morgan fingerprint density at radius 3 is 2.25 bits per heavy atom. The van der Waals surface area contributed by atoms with E-state index in [1.807, 2.05) is 18.2 Å². The van der Waals surface area contributed by atoms with E-state index in [1.165, 1.54) is 35.6 Å². The van der Waals surface area contributed by atoms with Gasteiger partial charge in [0.1, 0.15) is 11.6 Å². The average Bonchev–Trinajstić information content (AvgIpc) is 3.35. The van der Waals surface area contributed by atoms with Crippen LogP contribution in [0.25, 0.3) is 22.5 Å². The zero-order valence-electron chi connectivity index (χ0n) is 21.0. The molecule has 0 bridgehead atoms. The highest BCUT2D eigenvalue weighted by atomic mass is 19.1. The number of carbonyl (C=O) groups excluding carboxylic acids is 1. The van der Waals surface area contributed by atoms with Crippen molar-refractivity contribution in [1.82, 2.24) is 20.1 Å². The Bertz CT molecular complexity index is 1220. The Hall–Kier alpha value is -3.84. The summed E-state index contributed by atoms with van der Waals surface area (Å²) in [6.45, 7) is 7.70. The van der Waals surface area contributed by atoms with Crippen LogP contribution in [-0.4, -0.2) is 39.6 Å². The smallest absolute Gasteiger partial charge is 0.204 e. The summed E-state index contributed by atoms with van der Waals surface area (Å²) in [5.41, 5.74) is 9.42. The zero-order chi connectivity index (χ0) is 25.8. The number of H-pyrrole nitrogens is 1. The van der Waals surface area contributed by atoms with Gasteiger partial charge >= 0.3 is 0 Å². The Labute approximate surface area is 212 Å². The van der Waals surface area contributed by atoms with Gasteiger partial charge in [-0.2, -0.15) is 5.10 Å². The van der Waals surface area contributed by atoms with E-state index in [0.29, 0.717) is 23.6 Å². The summed E-state index contributed by atoms with van der Waals surface area (Å²) in [7, 11) is 0. The number of aromatic nitrogens is 3. The predicted octanol–water partition coefficient (Wildman–Crippen LogP) is 5.59. The Morgan fingerprint density at radius 1 is 0.917 bits per heavy atom. The molecule has 1 aromatic heterocycles. The number of primary amides is 1. The van der Waals surface area contributed by atoms with E-state index in [2.05, 4.69) is 76.1 Å². The minimum absolute atomic E-state index is 0.227. The van der Waals surface area contributed by atoms with Gasteiger partial charge in [0.15, 0.2) is 5.82 Å². The fourth-order valence-electron chi connectivity index (χ4n) is 4.15. The minimum atomic E-state index is -0.227. The number of aromatic amines is 1. The quantitative estimate of drug-likeness (QED) is 0.285. The summed E-state index contributed by atoms with van der Waals surface area (Å²) in [6, 6.07) is 23.8. The molecule has 0 radical (unpaired) electrons. The van der Waals surface area contributed by atoms with E-state index in [9.17, 15) is 4.39 Å². The third-order valence-corrected chi connectivity index (χ3v) is 5.74. The third-order valence-electron chi connectivity index (χ3n) is 5.74. The molecule has 4 rings (SSSR count). The molecule has 0 aliphatic carbocycles. The topological polar surface area (TPSA) is 87.9 Å². The van der Waals surface area contributed by atoms with Gasteiger partial charge < -0.3 is 5.73 Å². The zero-order valence-corrected chi connectivity index (χ0v) is 21.0. The summed E-state index contributed by atoms with van der Waals surface area (Å²) in [5, 5.41) is 7.27. The fraction of sp³-hybridized carbons (Fsp3) is 0.276. The molecule has 7 heteroatoms. The molecule has 0 atom stereocenters. The van der Waals surface area contributed by atoms with Crippen molar-refractivity contribution in [3.63, 3.8) is 0 Å². The first-order valence-electron chi connectivity index (χ1n) is 12.3. The Kier molecular flexibility index (Phi) is 10.3. The largest absolute Gasteiger partial charge is 0.372 e. The van der Waals surface area contributed by atoms with E-state index < -0.39 is 0 Å². The molecule has 3 aromatic carbocycles. The number of halogens is 1. The van der Waals surface area contributed by atoms with Crippen LogP contribution in [0.4, 0.5) is 4.39 Å². The molecule has 1 amide bonds. The summed E-state index contributed by atoms with van der Waals surface area (Å²) in [6.07, 6.45) is 2.98. The molecular formula is C29H34FN5O. The normalized spacial score (nSPS) is 10.7. The summed E-state index contributed by atoms with van der Waals surface area (Å²) >= 11 is 0. The SMILES string of the molecule is CCCN(CCC)Cc1cccc(-c2ccc(-c3n[nH]c(Cc4ccccc4F)n3)cc2)c1.NC=O.